The van der Waals surface area contributed by atoms with Gasteiger partial charge in [0.25, 0.3) is 0 Å². The number of amidine groups is 1. The van der Waals surface area contributed by atoms with Crippen LogP contribution in [0.4, 0.5) is 11.4 Å². The van der Waals surface area contributed by atoms with Gasteiger partial charge in [-0.25, -0.2) is 4.99 Å². The molecule has 0 saturated carbocycles. The largest absolute Gasteiger partial charge is 0.383 e. The number of anilines is 1. The van der Waals surface area contributed by atoms with Crippen molar-refractivity contribution in [1.29, 1.82) is 0 Å². The summed E-state index contributed by atoms with van der Waals surface area (Å²) in [5.41, 5.74) is 4.97. The molecule has 0 bridgehead atoms. The van der Waals surface area contributed by atoms with Gasteiger partial charge in [0.2, 0.25) is 11.8 Å². The van der Waals surface area contributed by atoms with E-state index in [1.165, 1.54) is 17.3 Å². The highest BCUT2D eigenvalue weighted by molar-refractivity contribution is 8.15. The number of amides is 2. The van der Waals surface area contributed by atoms with Crippen molar-refractivity contribution in [3.8, 4) is 0 Å². The van der Waals surface area contributed by atoms with Gasteiger partial charge in [-0.3, -0.25) is 14.5 Å². The number of nitrogens with one attached hydrogen (secondary N) is 1. The van der Waals surface area contributed by atoms with E-state index in [2.05, 4.69) is 5.32 Å². The van der Waals surface area contributed by atoms with Crippen LogP contribution >= 0.6 is 11.8 Å². The zero-order valence-corrected chi connectivity index (χ0v) is 18.6. The van der Waals surface area contributed by atoms with Crippen LogP contribution in [-0.4, -0.2) is 47.4 Å². The van der Waals surface area contributed by atoms with Crippen LogP contribution in [-0.2, 0) is 14.3 Å². The molecular weight excluding hydrogens is 398 g/mol. The maximum atomic E-state index is 13.0. The molecule has 2 amide bonds. The Kier molecular flexibility index (Phi) is 7.29. The summed E-state index contributed by atoms with van der Waals surface area (Å²) in [6.45, 7) is 6.88. The SMILES string of the molecule is COCCN1C(=O)[C@H](CC(=O)Nc2ccc(C)cc2)SC1=Nc1ccc(C)c(C)c1. The molecule has 1 fully saturated rings. The lowest BCUT2D eigenvalue weighted by atomic mass is 10.1. The van der Waals surface area contributed by atoms with E-state index in [1.807, 2.05) is 63.2 Å². The number of nitrogens with zero attached hydrogens (tertiary/aromatic N) is 2. The minimum Gasteiger partial charge on any atom is -0.383 e. The highest BCUT2D eigenvalue weighted by atomic mass is 32.2. The van der Waals surface area contributed by atoms with Crippen molar-refractivity contribution in [2.45, 2.75) is 32.4 Å². The lowest BCUT2D eigenvalue weighted by Crippen LogP contribution is -2.35. The van der Waals surface area contributed by atoms with E-state index in [4.69, 9.17) is 9.73 Å². The fraction of sp³-hybridized carbons (Fsp3) is 0.348. The summed E-state index contributed by atoms with van der Waals surface area (Å²) in [6, 6.07) is 13.5. The van der Waals surface area contributed by atoms with E-state index < -0.39 is 5.25 Å². The average molecular weight is 426 g/mol. The predicted molar refractivity (Wildman–Crippen MR) is 122 cm³/mol. The third-order valence-corrected chi connectivity index (χ3v) is 6.14. The van der Waals surface area contributed by atoms with Crippen LogP contribution in [0.5, 0.6) is 0 Å². The van der Waals surface area contributed by atoms with Gasteiger partial charge in [-0.15, -0.1) is 0 Å². The molecule has 1 N–H and O–H groups in total. The first kappa shape index (κ1) is 22.1. The molecule has 0 unspecified atom stereocenters. The minimum absolute atomic E-state index is 0.0901. The van der Waals surface area contributed by atoms with E-state index in [-0.39, 0.29) is 18.2 Å². The molecule has 0 spiro atoms. The van der Waals surface area contributed by atoms with E-state index in [9.17, 15) is 9.59 Å². The first-order valence-electron chi connectivity index (χ1n) is 9.87. The molecule has 1 saturated heterocycles. The molecule has 2 aromatic carbocycles. The third kappa shape index (κ3) is 5.49. The molecule has 7 heteroatoms. The second-order valence-corrected chi connectivity index (χ2v) is 8.54. The van der Waals surface area contributed by atoms with Gasteiger partial charge in [0.1, 0.15) is 5.25 Å². The molecule has 1 atom stereocenters. The fourth-order valence-corrected chi connectivity index (χ4v) is 4.22. The Labute approximate surface area is 181 Å². The molecule has 2 aromatic rings. The van der Waals surface area contributed by atoms with Crippen LogP contribution in [0.15, 0.2) is 47.5 Å². The summed E-state index contributed by atoms with van der Waals surface area (Å²) >= 11 is 1.33. The number of aliphatic imine (C=N–C) groups is 1. The molecule has 1 aliphatic rings. The van der Waals surface area contributed by atoms with Crippen molar-refractivity contribution >= 4 is 40.1 Å². The number of ether oxygens (including phenoxy) is 1. The van der Waals surface area contributed by atoms with Crippen LogP contribution in [0.1, 0.15) is 23.1 Å². The van der Waals surface area contributed by atoms with Crippen LogP contribution in [0, 0.1) is 20.8 Å². The Morgan fingerprint density at radius 3 is 2.53 bits per heavy atom. The molecule has 6 nitrogen and oxygen atoms in total. The third-order valence-electron chi connectivity index (χ3n) is 4.96. The number of benzene rings is 2. The van der Waals surface area contributed by atoms with Crippen LogP contribution in [0.2, 0.25) is 0 Å². The molecule has 0 aliphatic carbocycles. The van der Waals surface area contributed by atoms with E-state index in [0.29, 0.717) is 18.3 Å². The fourth-order valence-electron chi connectivity index (χ4n) is 3.04. The zero-order chi connectivity index (χ0) is 21.7. The van der Waals surface area contributed by atoms with Crippen LogP contribution in [0.25, 0.3) is 0 Å². The number of aryl methyl sites for hydroxylation is 3. The molecule has 30 heavy (non-hydrogen) atoms. The minimum atomic E-state index is -0.502. The predicted octanol–water partition coefficient (Wildman–Crippen LogP) is 4.22. The van der Waals surface area contributed by atoms with Crippen molar-refractivity contribution in [2.24, 2.45) is 4.99 Å². The normalized spacial score (nSPS) is 17.6. The maximum Gasteiger partial charge on any atom is 0.242 e. The number of thioether (sulfide) groups is 1. The number of carbonyl (C=O) groups is 2. The van der Waals surface area contributed by atoms with Gasteiger partial charge >= 0.3 is 0 Å². The van der Waals surface area contributed by atoms with E-state index in [0.717, 1.165) is 22.5 Å². The molecule has 1 heterocycles. The van der Waals surface area contributed by atoms with Crippen LogP contribution in [0.3, 0.4) is 0 Å². The standard InChI is InChI=1S/C23H27N3O3S/c1-15-5-8-18(9-6-15)24-21(27)14-20-22(28)26(11-12-29-4)23(30-20)25-19-10-7-16(2)17(3)13-19/h5-10,13,20H,11-12,14H2,1-4H3,(H,24,27)/t20-/m0/s1. The number of hydrogen-bond donors (Lipinski definition) is 1. The number of rotatable bonds is 7. The van der Waals surface area contributed by atoms with Crippen molar-refractivity contribution in [1.82, 2.24) is 4.90 Å². The van der Waals surface area contributed by atoms with Crippen molar-refractivity contribution < 1.29 is 14.3 Å². The van der Waals surface area contributed by atoms with Gasteiger partial charge in [0, 0.05) is 19.2 Å². The number of carbonyl (C=O) groups excluding carboxylic acids is 2. The Bertz CT molecular complexity index is 957. The molecule has 0 radical (unpaired) electrons. The lowest BCUT2D eigenvalue weighted by molar-refractivity contribution is -0.128. The topological polar surface area (TPSA) is 71.0 Å². The van der Waals surface area contributed by atoms with Crippen molar-refractivity contribution in [2.75, 3.05) is 25.6 Å². The smallest absolute Gasteiger partial charge is 0.242 e. The first-order chi connectivity index (χ1) is 14.4. The summed E-state index contributed by atoms with van der Waals surface area (Å²) in [4.78, 5) is 31.8. The number of hydrogen-bond acceptors (Lipinski definition) is 5. The maximum absolute atomic E-state index is 13.0. The Hall–Kier alpha value is -2.64. The van der Waals surface area contributed by atoms with Gasteiger partial charge in [-0.05, 0) is 56.2 Å². The van der Waals surface area contributed by atoms with Gasteiger partial charge in [-0.1, -0.05) is 35.5 Å². The number of methoxy groups -OCH3 is 1. The van der Waals surface area contributed by atoms with Gasteiger partial charge in [0.15, 0.2) is 5.17 Å². The van der Waals surface area contributed by atoms with Crippen LogP contribution < -0.4 is 5.32 Å². The average Bonchev–Trinajstić information content (AvgIpc) is 2.99. The molecular formula is C23H27N3O3S. The highest BCUT2D eigenvalue weighted by Crippen LogP contribution is 2.32. The monoisotopic (exact) mass is 425 g/mol. The Balaban J connectivity index is 1.74. The van der Waals surface area contributed by atoms with Crippen molar-refractivity contribution in [3.05, 3.63) is 59.2 Å². The second-order valence-electron chi connectivity index (χ2n) is 7.37. The zero-order valence-electron chi connectivity index (χ0n) is 17.8. The Morgan fingerprint density at radius 1 is 1.13 bits per heavy atom. The lowest BCUT2D eigenvalue weighted by Gasteiger charge is -2.16. The first-order valence-corrected chi connectivity index (χ1v) is 10.7. The summed E-state index contributed by atoms with van der Waals surface area (Å²) in [5.74, 6) is -0.303. The molecule has 1 aliphatic heterocycles. The Morgan fingerprint density at radius 2 is 1.87 bits per heavy atom. The second kappa shape index (κ2) is 9.91. The summed E-state index contributed by atoms with van der Waals surface area (Å²) in [7, 11) is 1.60. The van der Waals surface area contributed by atoms with E-state index in [1.54, 1.807) is 12.0 Å². The summed E-state index contributed by atoms with van der Waals surface area (Å²) in [5, 5.41) is 2.97. The van der Waals surface area contributed by atoms with Crippen molar-refractivity contribution in [3.63, 3.8) is 0 Å². The summed E-state index contributed by atoms with van der Waals surface area (Å²) in [6.07, 6.45) is 0.0901. The molecule has 158 valence electrons. The quantitative estimate of drug-likeness (QED) is 0.721. The van der Waals surface area contributed by atoms with Gasteiger partial charge in [-0.2, -0.15) is 0 Å². The molecule has 0 aromatic heterocycles. The van der Waals surface area contributed by atoms with E-state index >= 15 is 0 Å². The summed E-state index contributed by atoms with van der Waals surface area (Å²) < 4.78 is 5.15. The highest BCUT2D eigenvalue weighted by Gasteiger charge is 2.39. The van der Waals surface area contributed by atoms with Gasteiger partial charge in [0.05, 0.1) is 18.8 Å². The molecule has 3 rings (SSSR count). The van der Waals surface area contributed by atoms with Gasteiger partial charge < -0.3 is 10.1 Å².